The van der Waals surface area contributed by atoms with Gasteiger partial charge >= 0.3 is 0 Å². The van der Waals surface area contributed by atoms with E-state index in [4.69, 9.17) is 23.7 Å². The van der Waals surface area contributed by atoms with E-state index in [1.54, 1.807) is 14.2 Å². The zero-order valence-electron chi connectivity index (χ0n) is 24.1. The Morgan fingerprint density at radius 3 is 1.70 bits per heavy atom. The van der Waals surface area contributed by atoms with Crippen molar-refractivity contribution < 1.29 is 43.9 Å². The number of nitro benzene ring substituents is 1. The highest BCUT2D eigenvalue weighted by atomic mass is 16.7. The van der Waals surface area contributed by atoms with Gasteiger partial charge in [0.2, 0.25) is 6.29 Å². The standard InChI is InChI=1S/C33H33NO10/c1-40-25-14-8-22(9-15-25)33(21-6-4-3-5-7-21,23-10-16-26(41-2)17-11-23)42-20-28-29(35)30(36)31(37)32(44-28)43-27-18-12-24(13-19-27)34(38)39/h3-19,28-32,35-37H,20H2,1-2H3/t28-,29-,30+,31+,32+/m1/s1. The van der Waals surface area contributed by atoms with E-state index in [1.165, 1.54) is 24.3 Å². The number of rotatable bonds is 11. The Labute approximate surface area is 253 Å². The molecule has 1 aliphatic rings. The van der Waals surface area contributed by atoms with Crippen molar-refractivity contribution >= 4 is 5.69 Å². The van der Waals surface area contributed by atoms with E-state index in [1.807, 2.05) is 78.9 Å². The van der Waals surface area contributed by atoms with Crippen LogP contribution in [-0.4, -0.2) is 71.8 Å². The Balaban J connectivity index is 1.50. The zero-order chi connectivity index (χ0) is 31.3. The molecule has 230 valence electrons. The smallest absolute Gasteiger partial charge is 0.269 e. The van der Waals surface area contributed by atoms with Crippen molar-refractivity contribution in [3.8, 4) is 17.2 Å². The van der Waals surface area contributed by atoms with Gasteiger partial charge in [-0.2, -0.15) is 0 Å². The van der Waals surface area contributed by atoms with Gasteiger partial charge in [0.15, 0.2) is 0 Å². The Bertz CT molecular complexity index is 1470. The predicted molar refractivity (Wildman–Crippen MR) is 159 cm³/mol. The molecule has 0 unspecified atom stereocenters. The fourth-order valence-corrected chi connectivity index (χ4v) is 5.21. The lowest BCUT2D eigenvalue weighted by atomic mass is 9.80. The predicted octanol–water partition coefficient (Wildman–Crippen LogP) is 3.81. The van der Waals surface area contributed by atoms with Gasteiger partial charge in [-0.05, 0) is 53.1 Å². The van der Waals surface area contributed by atoms with Crippen molar-refractivity contribution in [1.29, 1.82) is 0 Å². The number of nitro groups is 1. The first kappa shape index (κ1) is 30.9. The van der Waals surface area contributed by atoms with Crippen LogP contribution in [0.4, 0.5) is 5.69 Å². The van der Waals surface area contributed by atoms with Crippen LogP contribution >= 0.6 is 0 Å². The van der Waals surface area contributed by atoms with E-state index in [0.717, 1.165) is 16.7 Å². The number of hydrogen-bond acceptors (Lipinski definition) is 10. The molecule has 5 atom stereocenters. The zero-order valence-corrected chi connectivity index (χ0v) is 24.1. The quantitative estimate of drug-likeness (QED) is 0.131. The molecule has 0 aromatic heterocycles. The lowest BCUT2D eigenvalue weighted by molar-refractivity contribution is -0.384. The van der Waals surface area contributed by atoms with Crippen LogP contribution in [0.15, 0.2) is 103 Å². The summed E-state index contributed by atoms with van der Waals surface area (Å²) in [6.07, 6.45) is -7.32. The SMILES string of the molecule is COc1ccc(C(OC[C@H]2O[C@H](Oc3ccc([N+](=O)[O-])cc3)[C@@H](O)[C@@H](O)[C@@H]2O)(c2ccccc2)c2ccc(OC)cc2)cc1. The van der Waals surface area contributed by atoms with Crippen LogP contribution in [0.3, 0.4) is 0 Å². The summed E-state index contributed by atoms with van der Waals surface area (Å²) in [6, 6.07) is 29.5. The summed E-state index contributed by atoms with van der Waals surface area (Å²) < 4.78 is 29.2. The topological polar surface area (TPSA) is 150 Å². The van der Waals surface area contributed by atoms with Crippen LogP contribution in [0.25, 0.3) is 0 Å². The minimum Gasteiger partial charge on any atom is -0.497 e. The minimum absolute atomic E-state index is 0.140. The van der Waals surface area contributed by atoms with Gasteiger partial charge in [-0.15, -0.1) is 0 Å². The lowest BCUT2D eigenvalue weighted by Gasteiger charge is -2.42. The molecule has 1 fully saturated rings. The Morgan fingerprint density at radius 2 is 1.20 bits per heavy atom. The summed E-state index contributed by atoms with van der Waals surface area (Å²) in [7, 11) is 3.16. The third-order valence-corrected chi connectivity index (χ3v) is 7.61. The van der Waals surface area contributed by atoms with Crippen LogP contribution < -0.4 is 14.2 Å². The second-order valence-corrected chi connectivity index (χ2v) is 10.2. The normalized spacial score (nSPS) is 21.8. The average Bonchev–Trinajstić information content (AvgIpc) is 3.07. The molecule has 0 radical (unpaired) electrons. The van der Waals surface area contributed by atoms with E-state index in [9.17, 15) is 25.4 Å². The van der Waals surface area contributed by atoms with Crippen molar-refractivity contribution in [2.24, 2.45) is 0 Å². The summed E-state index contributed by atoms with van der Waals surface area (Å²) >= 11 is 0. The van der Waals surface area contributed by atoms with Crippen LogP contribution in [0.5, 0.6) is 17.2 Å². The summed E-state index contributed by atoms with van der Waals surface area (Å²) in [5, 5.41) is 43.4. The third kappa shape index (κ3) is 6.23. The van der Waals surface area contributed by atoms with E-state index in [0.29, 0.717) is 11.5 Å². The van der Waals surface area contributed by atoms with E-state index >= 15 is 0 Å². The van der Waals surface area contributed by atoms with Gasteiger partial charge in [0, 0.05) is 12.1 Å². The second kappa shape index (κ2) is 13.4. The molecule has 4 aromatic rings. The molecule has 11 nitrogen and oxygen atoms in total. The largest absolute Gasteiger partial charge is 0.497 e. The maximum atomic E-state index is 11.0. The maximum absolute atomic E-state index is 11.0. The molecule has 0 saturated carbocycles. The number of aliphatic hydroxyl groups excluding tert-OH is 3. The maximum Gasteiger partial charge on any atom is 0.269 e. The first-order valence-corrected chi connectivity index (χ1v) is 13.9. The van der Waals surface area contributed by atoms with Gasteiger partial charge in [0.05, 0.1) is 25.7 Å². The van der Waals surface area contributed by atoms with E-state index in [2.05, 4.69) is 0 Å². The Hall–Kier alpha value is -4.52. The molecule has 0 spiro atoms. The second-order valence-electron chi connectivity index (χ2n) is 10.2. The molecule has 4 aromatic carbocycles. The lowest BCUT2D eigenvalue weighted by Crippen LogP contribution is -2.60. The minimum atomic E-state index is -1.63. The van der Waals surface area contributed by atoms with Gasteiger partial charge in [-0.3, -0.25) is 10.1 Å². The molecule has 3 N–H and O–H groups in total. The third-order valence-electron chi connectivity index (χ3n) is 7.61. The number of nitrogens with zero attached hydrogens (tertiary/aromatic N) is 1. The monoisotopic (exact) mass is 603 g/mol. The number of benzene rings is 4. The van der Waals surface area contributed by atoms with Crippen molar-refractivity contribution in [3.05, 3.63) is 130 Å². The van der Waals surface area contributed by atoms with E-state index < -0.39 is 41.2 Å². The molecule has 1 saturated heterocycles. The van der Waals surface area contributed by atoms with Crippen molar-refractivity contribution in [2.45, 2.75) is 36.3 Å². The molecular weight excluding hydrogens is 570 g/mol. The highest BCUT2D eigenvalue weighted by Gasteiger charge is 2.47. The first-order chi connectivity index (χ1) is 21.3. The van der Waals surface area contributed by atoms with Crippen LogP contribution in [0.2, 0.25) is 0 Å². The number of hydrogen-bond donors (Lipinski definition) is 3. The molecule has 1 heterocycles. The molecular formula is C33H33NO10. The molecule has 11 heteroatoms. The average molecular weight is 604 g/mol. The van der Waals surface area contributed by atoms with Gasteiger partial charge in [-0.1, -0.05) is 54.6 Å². The van der Waals surface area contributed by atoms with E-state index in [-0.39, 0.29) is 18.0 Å². The Morgan fingerprint density at radius 1 is 0.705 bits per heavy atom. The van der Waals surface area contributed by atoms with Crippen molar-refractivity contribution in [3.63, 3.8) is 0 Å². The number of aliphatic hydroxyl groups is 3. The molecule has 1 aliphatic heterocycles. The number of non-ortho nitro benzene ring substituents is 1. The van der Waals surface area contributed by atoms with Gasteiger partial charge in [-0.25, -0.2) is 0 Å². The molecule has 0 amide bonds. The summed E-state index contributed by atoms with van der Waals surface area (Å²) in [5.74, 6) is 1.47. The highest BCUT2D eigenvalue weighted by Crippen LogP contribution is 2.42. The summed E-state index contributed by atoms with van der Waals surface area (Å²) in [6.45, 7) is -0.238. The van der Waals surface area contributed by atoms with Gasteiger partial charge in [0.1, 0.15) is 47.3 Å². The number of methoxy groups -OCH3 is 2. The fourth-order valence-electron chi connectivity index (χ4n) is 5.21. The van der Waals surface area contributed by atoms with Crippen molar-refractivity contribution in [2.75, 3.05) is 20.8 Å². The molecule has 0 aliphatic carbocycles. The van der Waals surface area contributed by atoms with Gasteiger partial charge in [0.25, 0.3) is 5.69 Å². The van der Waals surface area contributed by atoms with Crippen LogP contribution in [0.1, 0.15) is 16.7 Å². The summed E-state index contributed by atoms with van der Waals surface area (Å²) in [5.41, 5.74) is 0.912. The van der Waals surface area contributed by atoms with Crippen LogP contribution in [0, 0.1) is 10.1 Å². The molecule has 44 heavy (non-hydrogen) atoms. The first-order valence-electron chi connectivity index (χ1n) is 13.9. The molecule has 5 rings (SSSR count). The van der Waals surface area contributed by atoms with Crippen LogP contribution in [-0.2, 0) is 15.1 Å². The molecule has 0 bridgehead atoms. The number of ether oxygens (including phenoxy) is 5. The van der Waals surface area contributed by atoms with Crippen molar-refractivity contribution in [1.82, 2.24) is 0 Å². The van der Waals surface area contributed by atoms with Gasteiger partial charge < -0.3 is 39.0 Å². The fraction of sp³-hybridized carbons (Fsp3) is 0.273. The Kier molecular flexibility index (Phi) is 9.43. The summed E-state index contributed by atoms with van der Waals surface area (Å²) in [4.78, 5) is 10.5. The highest BCUT2D eigenvalue weighted by molar-refractivity contribution is 5.49.